The zero-order chi connectivity index (χ0) is 18.0. The predicted molar refractivity (Wildman–Crippen MR) is 87.0 cm³/mol. The maximum absolute atomic E-state index is 14.3. The Labute approximate surface area is 142 Å². The molecule has 128 valence electrons. The van der Waals surface area contributed by atoms with Crippen LogP contribution in [0.3, 0.4) is 0 Å². The van der Waals surface area contributed by atoms with E-state index in [2.05, 4.69) is 5.10 Å². The van der Waals surface area contributed by atoms with Crippen LogP contribution in [0, 0.1) is 11.6 Å². The van der Waals surface area contributed by atoms with Crippen molar-refractivity contribution in [3.05, 3.63) is 65.7 Å². The minimum atomic E-state index is -1.25. The Morgan fingerprint density at radius 3 is 2.56 bits per heavy atom. The van der Waals surface area contributed by atoms with Gasteiger partial charge in [-0.1, -0.05) is 6.07 Å². The fourth-order valence-corrected chi connectivity index (χ4v) is 2.58. The molecular formula is C18H14F2N2O3. The summed E-state index contributed by atoms with van der Waals surface area (Å²) in [4.78, 5) is 11.4. The number of hydrogen-bond donors (Lipinski definition) is 1. The molecule has 1 aromatic heterocycles. The fraction of sp³-hybridized carbons (Fsp3) is 0.111. The van der Waals surface area contributed by atoms with Gasteiger partial charge in [0.1, 0.15) is 18.4 Å². The first-order valence-corrected chi connectivity index (χ1v) is 7.36. The second kappa shape index (κ2) is 6.82. The molecule has 7 heteroatoms. The number of halogens is 2. The number of carboxylic acids is 1. The van der Waals surface area contributed by atoms with Gasteiger partial charge in [-0.05, 0) is 42.5 Å². The molecule has 0 aliphatic rings. The highest BCUT2D eigenvalue weighted by Crippen LogP contribution is 2.30. The van der Waals surface area contributed by atoms with Crippen LogP contribution in [0.4, 0.5) is 8.78 Å². The van der Waals surface area contributed by atoms with Crippen LogP contribution in [-0.2, 0) is 11.5 Å². The third kappa shape index (κ3) is 3.27. The number of hydrogen-bond acceptors (Lipinski definition) is 3. The highest BCUT2D eigenvalue weighted by molar-refractivity contribution is 5.96. The lowest BCUT2D eigenvalue weighted by molar-refractivity contribution is 0.0697. The molecule has 1 N–H and O–H groups in total. The summed E-state index contributed by atoms with van der Waals surface area (Å²) in [5.41, 5.74) is 1.06. The Morgan fingerprint density at radius 1 is 1.20 bits per heavy atom. The Hall–Kier alpha value is -3.06. The van der Waals surface area contributed by atoms with Crippen LogP contribution in [0.15, 0.2) is 48.5 Å². The summed E-state index contributed by atoms with van der Waals surface area (Å²) in [5, 5.41) is 13.6. The van der Waals surface area contributed by atoms with Gasteiger partial charge in [0.2, 0.25) is 0 Å². The smallest absolute Gasteiger partial charge is 0.336 e. The molecule has 0 radical (unpaired) electrons. The van der Waals surface area contributed by atoms with Crippen molar-refractivity contribution in [2.24, 2.45) is 0 Å². The fourth-order valence-electron chi connectivity index (χ4n) is 2.58. The van der Waals surface area contributed by atoms with Gasteiger partial charge in [0.25, 0.3) is 0 Å². The Kier molecular flexibility index (Phi) is 4.58. The summed E-state index contributed by atoms with van der Waals surface area (Å²) in [6, 6.07) is 11.1. The number of aromatic nitrogens is 2. The van der Waals surface area contributed by atoms with Crippen molar-refractivity contribution < 1.29 is 23.4 Å². The molecule has 0 atom stereocenters. The minimum absolute atomic E-state index is 0.0730. The second-order valence-corrected chi connectivity index (χ2v) is 5.31. The number of carbonyl (C=O) groups is 1. The molecule has 2 aromatic carbocycles. The first kappa shape index (κ1) is 16.8. The Bertz CT molecular complexity index is 921. The number of methoxy groups -OCH3 is 1. The predicted octanol–water partition coefficient (Wildman–Crippen LogP) is 3.80. The highest BCUT2D eigenvalue weighted by atomic mass is 19.1. The van der Waals surface area contributed by atoms with E-state index in [9.17, 15) is 18.7 Å². The van der Waals surface area contributed by atoms with Gasteiger partial charge in [0.05, 0.1) is 22.5 Å². The van der Waals surface area contributed by atoms with E-state index in [4.69, 9.17) is 4.74 Å². The van der Waals surface area contributed by atoms with Crippen molar-refractivity contribution in [1.29, 1.82) is 0 Å². The van der Waals surface area contributed by atoms with E-state index < -0.39 is 11.8 Å². The molecule has 0 fully saturated rings. The second-order valence-electron chi connectivity index (χ2n) is 5.31. The summed E-state index contributed by atoms with van der Waals surface area (Å²) in [5.74, 6) is -2.32. The molecule has 0 amide bonds. The third-order valence-corrected chi connectivity index (χ3v) is 3.67. The van der Waals surface area contributed by atoms with E-state index in [1.165, 1.54) is 42.1 Å². The number of nitrogens with zero attached hydrogens (tertiary/aromatic N) is 2. The lowest BCUT2D eigenvalue weighted by atomic mass is 10.0. The van der Waals surface area contributed by atoms with Crippen LogP contribution in [0.2, 0.25) is 0 Å². The van der Waals surface area contributed by atoms with E-state index in [1.807, 2.05) is 0 Å². The van der Waals surface area contributed by atoms with E-state index in [0.29, 0.717) is 11.3 Å². The summed E-state index contributed by atoms with van der Waals surface area (Å²) in [6.45, 7) is 0.0730. The van der Waals surface area contributed by atoms with Crippen LogP contribution in [0.25, 0.3) is 22.5 Å². The van der Waals surface area contributed by atoms with Gasteiger partial charge in [-0.25, -0.2) is 18.3 Å². The lowest BCUT2D eigenvalue weighted by Gasteiger charge is -2.06. The molecule has 0 saturated carbocycles. The number of ether oxygens (including phenoxy) is 1. The average Bonchev–Trinajstić information content (AvgIpc) is 2.99. The van der Waals surface area contributed by atoms with Crippen molar-refractivity contribution in [2.75, 3.05) is 7.11 Å². The van der Waals surface area contributed by atoms with Crippen molar-refractivity contribution >= 4 is 5.97 Å². The van der Waals surface area contributed by atoms with Gasteiger partial charge >= 0.3 is 5.97 Å². The number of aromatic carboxylic acids is 1. The molecule has 0 spiro atoms. The zero-order valence-electron chi connectivity index (χ0n) is 13.2. The topological polar surface area (TPSA) is 64.4 Å². The molecule has 3 aromatic rings. The van der Waals surface area contributed by atoms with Crippen molar-refractivity contribution in [1.82, 2.24) is 9.78 Å². The summed E-state index contributed by atoms with van der Waals surface area (Å²) >= 11 is 0. The summed E-state index contributed by atoms with van der Waals surface area (Å²) in [7, 11) is 1.47. The van der Waals surface area contributed by atoms with Crippen LogP contribution >= 0.6 is 0 Å². The van der Waals surface area contributed by atoms with Gasteiger partial charge in [-0.2, -0.15) is 5.10 Å². The van der Waals surface area contributed by atoms with Crippen LogP contribution in [0.5, 0.6) is 0 Å². The van der Waals surface area contributed by atoms with Gasteiger partial charge < -0.3 is 9.84 Å². The maximum Gasteiger partial charge on any atom is 0.336 e. The third-order valence-electron chi connectivity index (χ3n) is 3.67. The standard InChI is InChI=1S/C18H14F2N2O3/c1-25-10-22-16(11-5-7-12(19)8-6-11)9-15(21-22)17-13(18(23)24)3-2-4-14(17)20/h2-9H,10H2,1H3,(H,23,24). The SMILES string of the molecule is COCn1nc(-c2c(F)cccc2C(=O)O)cc1-c1ccc(F)cc1. The normalized spacial score (nSPS) is 10.8. The number of benzene rings is 2. The minimum Gasteiger partial charge on any atom is -0.478 e. The quantitative estimate of drug-likeness (QED) is 0.765. The first-order valence-electron chi connectivity index (χ1n) is 7.36. The molecule has 0 unspecified atom stereocenters. The largest absolute Gasteiger partial charge is 0.478 e. The zero-order valence-corrected chi connectivity index (χ0v) is 13.2. The van der Waals surface area contributed by atoms with Crippen molar-refractivity contribution in [3.63, 3.8) is 0 Å². The molecule has 5 nitrogen and oxygen atoms in total. The van der Waals surface area contributed by atoms with Crippen molar-refractivity contribution in [2.45, 2.75) is 6.73 Å². The molecule has 0 bridgehead atoms. The molecule has 25 heavy (non-hydrogen) atoms. The van der Waals surface area contributed by atoms with Crippen LogP contribution in [-0.4, -0.2) is 28.0 Å². The Morgan fingerprint density at radius 2 is 1.92 bits per heavy atom. The van der Waals surface area contributed by atoms with Gasteiger partial charge in [-0.15, -0.1) is 0 Å². The van der Waals surface area contributed by atoms with Crippen LogP contribution in [0.1, 0.15) is 10.4 Å². The highest BCUT2D eigenvalue weighted by Gasteiger charge is 2.20. The van der Waals surface area contributed by atoms with E-state index in [1.54, 1.807) is 18.2 Å². The van der Waals surface area contributed by atoms with Gasteiger partial charge in [0.15, 0.2) is 0 Å². The van der Waals surface area contributed by atoms with Crippen LogP contribution < -0.4 is 0 Å². The van der Waals surface area contributed by atoms with Crippen molar-refractivity contribution in [3.8, 4) is 22.5 Å². The number of carboxylic acid groups (broad SMARTS) is 1. The lowest BCUT2D eigenvalue weighted by Crippen LogP contribution is -2.05. The Balaban J connectivity index is 2.18. The molecular weight excluding hydrogens is 330 g/mol. The molecule has 1 heterocycles. The maximum atomic E-state index is 14.3. The number of rotatable bonds is 5. The monoisotopic (exact) mass is 344 g/mol. The van der Waals surface area contributed by atoms with E-state index in [0.717, 1.165) is 0 Å². The average molecular weight is 344 g/mol. The molecule has 3 rings (SSSR count). The first-order chi connectivity index (χ1) is 12.0. The molecule has 0 aliphatic heterocycles. The van der Waals surface area contributed by atoms with E-state index in [-0.39, 0.29) is 29.4 Å². The van der Waals surface area contributed by atoms with Gasteiger partial charge in [0, 0.05) is 12.7 Å². The molecule has 0 saturated heterocycles. The summed E-state index contributed by atoms with van der Waals surface area (Å²) < 4.78 is 34.0. The molecule has 0 aliphatic carbocycles. The van der Waals surface area contributed by atoms with Gasteiger partial charge in [-0.3, -0.25) is 0 Å². The summed E-state index contributed by atoms with van der Waals surface area (Å²) in [6.07, 6.45) is 0. The van der Waals surface area contributed by atoms with E-state index >= 15 is 0 Å².